The second-order valence-electron chi connectivity index (χ2n) is 5.46. The third-order valence-electron chi connectivity index (χ3n) is 3.42. The number of carbonyl (C=O) groups excluding carboxylic acids is 2. The smallest absolute Gasteiger partial charge is 0.269 e. The molecule has 3 N–H and O–H groups in total. The van der Waals surface area contributed by atoms with Crippen LogP contribution >= 0.6 is 12.2 Å². The van der Waals surface area contributed by atoms with Gasteiger partial charge in [0.15, 0.2) is 5.11 Å². The minimum Gasteiger partial charge on any atom is -0.494 e. The lowest BCUT2D eigenvalue weighted by Crippen LogP contribution is -2.48. The Kier molecular flexibility index (Phi) is 7.57. The molecule has 0 spiro atoms. The first-order valence-corrected chi connectivity index (χ1v) is 8.70. The van der Waals surface area contributed by atoms with E-state index in [1.807, 2.05) is 6.07 Å². The summed E-state index contributed by atoms with van der Waals surface area (Å²) in [4.78, 5) is 24.2. The van der Waals surface area contributed by atoms with Crippen molar-refractivity contribution in [2.24, 2.45) is 0 Å². The number of thiocarbonyl (C=S) groups is 1. The van der Waals surface area contributed by atoms with Gasteiger partial charge in [-0.1, -0.05) is 37.6 Å². The first-order valence-electron chi connectivity index (χ1n) is 8.29. The maximum Gasteiger partial charge on any atom is 0.269 e. The van der Waals surface area contributed by atoms with Crippen molar-refractivity contribution in [3.63, 3.8) is 0 Å². The molecule has 2 aromatic carbocycles. The Balaban J connectivity index is 1.84. The summed E-state index contributed by atoms with van der Waals surface area (Å²) in [5, 5.41) is 2.51. The number of unbranched alkanes of at least 4 members (excludes halogenated alkanes) is 1. The quantitative estimate of drug-likeness (QED) is 0.413. The van der Waals surface area contributed by atoms with Gasteiger partial charge in [0.2, 0.25) is 0 Å². The number of benzene rings is 2. The van der Waals surface area contributed by atoms with Gasteiger partial charge in [0.25, 0.3) is 11.8 Å². The van der Waals surface area contributed by atoms with Crippen LogP contribution in [0.15, 0.2) is 54.6 Å². The number of rotatable bonds is 6. The Morgan fingerprint density at radius 3 is 2.42 bits per heavy atom. The monoisotopic (exact) mass is 371 g/mol. The largest absolute Gasteiger partial charge is 0.494 e. The van der Waals surface area contributed by atoms with Crippen LogP contribution in [0.2, 0.25) is 0 Å². The van der Waals surface area contributed by atoms with Gasteiger partial charge in [0.1, 0.15) is 5.75 Å². The predicted molar refractivity (Wildman–Crippen MR) is 104 cm³/mol. The number of nitrogens with one attached hydrogen (secondary N) is 3. The maximum absolute atomic E-state index is 12.2. The molecule has 0 aliphatic rings. The number of hydrogen-bond acceptors (Lipinski definition) is 4. The molecule has 2 amide bonds. The van der Waals surface area contributed by atoms with Crippen molar-refractivity contribution in [3.8, 4) is 5.75 Å². The molecule has 0 bridgehead atoms. The van der Waals surface area contributed by atoms with E-state index in [2.05, 4.69) is 23.1 Å². The highest BCUT2D eigenvalue weighted by Crippen LogP contribution is 2.13. The van der Waals surface area contributed by atoms with Gasteiger partial charge >= 0.3 is 0 Å². The molecule has 26 heavy (non-hydrogen) atoms. The first kappa shape index (κ1) is 19.4. The van der Waals surface area contributed by atoms with E-state index in [0.29, 0.717) is 23.5 Å². The van der Waals surface area contributed by atoms with E-state index < -0.39 is 5.91 Å². The van der Waals surface area contributed by atoms with E-state index in [1.165, 1.54) is 0 Å². The molecule has 0 aliphatic carbocycles. The van der Waals surface area contributed by atoms with Crippen LogP contribution in [0, 0.1) is 0 Å². The van der Waals surface area contributed by atoms with Crippen LogP contribution in [0.25, 0.3) is 0 Å². The lowest BCUT2D eigenvalue weighted by atomic mass is 10.2. The van der Waals surface area contributed by atoms with E-state index in [1.54, 1.807) is 48.5 Å². The van der Waals surface area contributed by atoms with E-state index in [4.69, 9.17) is 17.0 Å². The van der Waals surface area contributed by atoms with Gasteiger partial charge in [0.05, 0.1) is 6.61 Å². The molecule has 0 saturated carbocycles. The second kappa shape index (κ2) is 10.1. The van der Waals surface area contributed by atoms with Crippen molar-refractivity contribution in [2.45, 2.75) is 19.8 Å². The van der Waals surface area contributed by atoms with Crippen LogP contribution in [0.4, 0.5) is 0 Å². The number of ether oxygens (including phenoxy) is 1. The summed E-state index contributed by atoms with van der Waals surface area (Å²) >= 11 is 5.03. The fourth-order valence-electron chi connectivity index (χ4n) is 2.04. The van der Waals surface area contributed by atoms with Crippen LogP contribution in [-0.4, -0.2) is 23.5 Å². The van der Waals surface area contributed by atoms with Crippen molar-refractivity contribution in [3.05, 3.63) is 65.7 Å². The third kappa shape index (κ3) is 6.18. The van der Waals surface area contributed by atoms with Crippen molar-refractivity contribution < 1.29 is 14.3 Å². The summed E-state index contributed by atoms with van der Waals surface area (Å²) < 4.78 is 5.58. The molecule has 0 aliphatic heterocycles. The van der Waals surface area contributed by atoms with Gasteiger partial charge in [-0.2, -0.15) is 0 Å². The van der Waals surface area contributed by atoms with Gasteiger partial charge in [-0.15, -0.1) is 0 Å². The molecule has 0 heterocycles. The van der Waals surface area contributed by atoms with Crippen LogP contribution in [0.3, 0.4) is 0 Å². The average molecular weight is 371 g/mol. The Labute approximate surface area is 157 Å². The summed E-state index contributed by atoms with van der Waals surface area (Å²) in [5.74, 6) is -0.117. The van der Waals surface area contributed by atoms with Crippen LogP contribution in [0.1, 0.15) is 40.5 Å². The minimum atomic E-state index is -0.391. The zero-order valence-corrected chi connectivity index (χ0v) is 15.3. The summed E-state index contributed by atoms with van der Waals surface area (Å²) in [5.41, 5.74) is 5.83. The molecule has 7 heteroatoms. The maximum atomic E-state index is 12.2. The second-order valence-corrected chi connectivity index (χ2v) is 5.87. The van der Waals surface area contributed by atoms with Gasteiger partial charge in [-0.05, 0) is 49.0 Å². The number of hydrazine groups is 1. The number of hydrogen-bond donors (Lipinski definition) is 3. The molecule has 6 nitrogen and oxygen atoms in total. The van der Waals surface area contributed by atoms with Crippen molar-refractivity contribution in [2.75, 3.05) is 6.61 Å². The first-order chi connectivity index (χ1) is 12.6. The van der Waals surface area contributed by atoms with Gasteiger partial charge in [0, 0.05) is 11.1 Å². The molecule has 0 aromatic heterocycles. The van der Waals surface area contributed by atoms with E-state index in [-0.39, 0.29) is 11.0 Å². The fourth-order valence-corrected chi connectivity index (χ4v) is 2.19. The summed E-state index contributed by atoms with van der Waals surface area (Å²) in [6.45, 7) is 2.69. The molecule has 136 valence electrons. The zero-order valence-electron chi connectivity index (χ0n) is 14.5. The van der Waals surface area contributed by atoms with Gasteiger partial charge in [-0.25, -0.2) is 0 Å². The highest BCUT2D eigenvalue weighted by Gasteiger charge is 2.10. The topological polar surface area (TPSA) is 79.5 Å². The lowest BCUT2D eigenvalue weighted by molar-refractivity contribution is 0.0934. The van der Waals surface area contributed by atoms with Gasteiger partial charge < -0.3 is 4.74 Å². The molecule has 2 rings (SSSR count). The standard InChI is InChI=1S/C19H21N3O3S/c1-2-3-12-25-16-11-7-10-15(13-16)17(23)20-19(26)22-21-18(24)14-8-5-4-6-9-14/h4-11,13H,2-3,12H2,1H3,(H,21,24)(H2,20,22,23,26). The Morgan fingerprint density at radius 1 is 0.962 bits per heavy atom. The van der Waals surface area contributed by atoms with E-state index >= 15 is 0 Å². The molecule has 2 aromatic rings. The van der Waals surface area contributed by atoms with Crippen LogP contribution < -0.4 is 20.9 Å². The summed E-state index contributed by atoms with van der Waals surface area (Å²) in [7, 11) is 0. The fraction of sp³-hybridized carbons (Fsp3) is 0.211. The molecular weight excluding hydrogens is 350 g/mol. The van der Waals surface area contributed by atoms with E-state index in [9.17, 15) is 9.59 Å². The number of carbonyl (C=O) groups is 2. The Morgan fingerprint density at radius 2 is 1.69 bits per heavy atom. The zero-order chi connectivity index (χ0) is 18.8. The summed E-state index contributed by atoms with van der Waals surface area (Å²) in [6.07, 6.45) is 1.99. The molecule has 0 saturated heterocycles. The van der Waals surface area contributed by atoms with Crippen molar-refractivity contribution in [1.29, 1.82) is 0 Å². The summed E-state index contributed by atoms with van der Waals surface area (Å²) in [6, 6.07) is 15.5. The Bertz CT molecular complexity index is 766. The predicted octanol–water partition coefficient (Wildman–Crippen LogP) is 2.81. The van der Waals surface area contributed by atoms with E-state index in [0.717, 1.165) is 12.8 Å². The highest BCUT2D eigenvalue weighted by atomic mass is 32.1. The average Bonchev–Trinajstić information content (AvgIpc) is 2.67. The lowest BCUT2D eigenvalue weighted by Gasteiger charge is -2.11. The van der Waals surface area contributed by atoms with Crippen molar-refractivity contribution >= 4 is 29.1 Å². The normalized spacial score (nSPS) is 9.88. The molecule has 0 fully saturated rings. The van der Waals surface area contributed by atoms with Crippen molar-refractivity contribution in [1.82, 2.24) is 16.2 Å². The molecule has 0 atom stereocenters. The molecular formula is C19H21N3O3S. The Hall–Kier alpha value is -2.93. The van der Waals surface area contributed by atoms with Gasteiger partial charge in [-0.3, -0.25) is 25.8 Å². The van der Waals surface area contributed by atoms with Crippen LogP contribution in [0.5, 0.6) is 5.75 Å². The van der Waals surface area contributed by atoms with Crippen LogP contribution in [-0.2, 0) is 0 Å². The third-order valence-corrected chi connectivity index (χ3v) is 3.62. The SMILES string of the molecule is CCCCOc1cccc(C(=O)NC(=S)NNC(=O)c2ccccc2)c1. The highest BCUT2D eigenvalue weighted by molar-refractivity contribution is 7.80. The number of amides is 2. The minimum absolute atomic E-state index is 0.00316. The molecule has 0 radical (unpaired) electrons. The molecule has 0 unspecified atom stereocenters.